The second-order valence-corrected chi connectivity index (χ2v) is 5.67. The molecule has 0 saturated carbocycles. The van der Waals surface area contributed by atoms with Gasteiger partial charge in [-0.3, -0.25) is 9.59 Å². The number of hydrazone groups is 1. The monoisotopic (exact) mass is 423 g/mol. The molecule has 0 radical (unpaired) electrons. The maximum atomic E-state index is 12.7. The van der Waals surface area contributed by atoms with Crippen molar-refractivity contribution in [3.05, 3.63) is 59.7 Å². The summed E-state index contributed by atoms with van der Waals surface area (Å²) in [7, 11) is 1.24. The van der Waals surface area contributed by atoms with E-state index in [-0.39, 0.29) is 12.3 Å². The summed E-state index contributed by atoms with van der Waals surface area (Å²) in [5, 5.41) is 5.66. The normalized spacial score (nSPS) is 11.1. The Hall–Kier alpha value is -3.89. The van der Waals surface area contributed by atoms with Crippen LogP contribution in [0.3, 0.4) is 0 Å². The molecule has 2 rings (SSSR count). The first kappa shape index (κ1) is 22.4. The van der Waals surface area contributed by atoms with Gasteiger partial charge in [0.15, 0.2) is 6.61 Å². The highest BCUT2D eigenvalue weighted by Crippen LogP contribution is 2.30. The summed E-state index contributed by atoms with van der Waals surface area (Å²) in [6.07, 6.45) is -3.34. The molecule has 0 aromatic heterocycles. The van der Waals surface area contributed by atoms with Crippen molar-refractivity contribution < 1.29 is 37.0 Å². The molecule has 0 unspecified atom stereocenters. The topological polar surface area (TPSA) is 106 Å². The lowest BCUT2D eigenvalue weighted by Gasteiger charge is -2.09. The molecule has 2 aromatic carbocycles. The average Bonchev–Trinajstić information content (AvgIpc) is 2.72. The molecule has 0 heterocycles. The SMILES string of the molecule is COC(=O)COc1ccc(/C=N\NC(=O)C(=O)Nc2cccc(C(F)(F)F)c2)cc1. The minimum Gasteiger partial charge on any atom is -0.482 e. The van der Waals surface area contributed by atoms with Crippen LogP contribution in [-0.2, 0) is 25.3 Å². The maximum absolute atomic E-state index is 12.7. The van der Waals surface area contributed by atoms with Gasteiger partial charge in [-0.2, -0.15) is 18.3 Å². The predicted octanol–water partition coefficient (Wildman–Crippen LogP) is 2.35. The number of rotatable bonds is 6. The van der Waals surface area contributed by atoms with Gasteiger partial charge in [-0.05, 0) is 48.0 Å². The summed E-state index contributed by atoms with van der Waals surface area (Å²) in [6.45, 7) is -0.249. The van der Waals surface area contributed by atoms with E-state index in [1.54, 1.807) is 24.3 Å². The molecule has 0 fully saturated rings. The highest BCUT2D eigenvalue weighted by molar-refractivity contribution is 6.39. The molecule has 158 valence electrons. The molecule has 0 saturated heterocycles. The van der Waals surface area contributed by atoms with E-state index in [1.807, 2.05) is 5.43 Å². The third-order valence-corrected chi connectivity index (χ3v) is 3.50. The first-order valence-electron chi connectivity index (χ1n) is 8.30. The third kappa shape index (κ3) is 6.93. The molecule has 2 aromatic rings. The maximum Gasteiger partial charge on any atom is 0.416 e. The fraction of sp³-hybridized carbons (Fsp3) is 0.158. The molecule has 0 aliphatic carbocycles. The van der Waals surface area contributed by atoms with Gasteiger partial charge in [0.05, 0.1) is 18.9 Å². The molecular formula is C19H16F3N3O5. The number of carbonyl (C=O) groups is 3. The second-order valence-electron chi connectivity index (χ2n) is 5.67. The standard InChI is InChI=1S/C19H16F3N3O5/c1-29-16(26)11-30-15-7-5-12(6-8-15)10-23-25-18(28)17(27)24-14-4-2-3-13(9-14)19(20,21)22/h2-10H,11H2,1H3,(H,24,27)(H,25,28)/b23-10-. The largest absolute Gasteiger partial charge is 0.482 e. The first-order chi connectivity index (χ1) is 14.2. The van der Waals surface area contributed by atoms with Gasteiger partial charge in [0.2, 0.25) is 0 Å². The van der Waals surface area contributed by atoms with Crippen LogP contribution in [0.25, 0.3) is 0 Å². The van der Waals surface area contributed by atoms with Crippen LogP contribution in [0.4, 0.5) is 18.9 Å². The molecule has 0 atom stereocenters. The van der Waals surface area contributed by atoms with Crippen molar-refractivity contribution in [1.29, 1.82) is 0 Å². The van der Waals surface area contributed by atoms with Crippen molar-refractivity contribution in [2.75, 3.05) is 19.0 Å². The average molecular weight is 423 g/mol. The molecule has 11 heteroatoms. The van der Waals surface area contributed by atoms with Crippen LogP contribution in [0.5, 0.6) is 5.75 Å². The second kappa shape index (κ2) is 10.0. The number of nitrogens with one attached hydrogen (secondary N) is 2. The van der Waals surface area contributed by atoms with Gasteiger partial charge in [0.1, 0.15) is 5.75 Å². The van der Waals surface area contributed by atoms with E-state index in [0.717, 1.165) is 12.1 Å². The number of alkyl halides is 3. The lowest BCUT2D eigenvalue weighted by atomic mass is 10.2. The van der Waals surface area contributed by atoms with Crippen molar-refractivity contribution in [3.8, 4) is 5.75 Å². The Morgan fingerprint density at radius 1 is 1.07 bits per heavy atom. The Morgan fingerprint density at radius 2 is 1.77 bits per heavy atom. The number of amides is 2. The Bertz CT molecular complexity index is 943. The zero-order valence-electron chi connectivity index (χ0n) is 15.5. The van der Waals surface area contributed by atoms with Gasteiger partial charge in [0.25, 0.3) is 0 Å². The number of methoxy groups -OCH3 is 1. The Morgan fingerprint density at radius 3 is 2.40 bits per heavy atom. The highest BCUT2D eigenvalue weighted by Gasteiger charge is 2.30. The molecule has 2 N–H and O–H groups in total. The van der Waals surface area contributed by atoms with Gasteiger partial charge in [0, 0.05) is 5.69 Å². The summed E-state index contributed by atoms with van der Waals surface area (Å²) in [6, 6.07) is 10.1. The van der Waals surface area contributed by atoms with Gasteiger partial charge >= 0.3 is 24.0 Å². The van der Waals surface area contributed by atoms with Gasteiger partial charge < -0.3 is 14.8 Å². The number of nitrogens with zero attached hydrogens (tertiary/aromatic N) is 1. The quantitative estimate of drug-likeness (QED) is 0.321. The van der Waals surface area contributed by atoms with Gasteiger partial charge in [-0.1, -0.05) is 6.07 Å². The van der Waals surface area contributed by atoms with Crippen LogP contribution in [0.2, 0.25) is 0 Å². The molecule has 0 aliphatic heterocycles. The van der Waals surface area contributed by atoms with Gasteiger partial charge in [-0.15, -0.1) is 0 Å². The number of ether oxygens (including phenoxy) is 2. The van der Waals surface area contributed by atoms with Crippen LogP contribution >= 0.6 is 0 Å². The third-order valence-electron chi connectivity index (χ3n) is 3.50. The number of esters is 1. The summed E-state index contributed by atoms with van der Waals surface area (Å²) in [5.41, 5.74) is 1.36. The van der Waals surface area contributed by atoms with Crippen LogP contribution < -0.4 is 15.5 Å². The fourth-order valence-electron chi connectivity index (χ4n) is 2.03. The zero-order valence-corrected chi connectivity index (χ0v) is 15.5. The minimum absolute atomic E-state index is 0.184. The lowest BCUT2D eigenvalue weighted by molar-refractivity contribution is -0.143. The summed E-state index contributed by atoms with van der Waals surface area (Å²) in [4.78, 5) is 34.5. The summed E-state index contributed by atoms with van der Waals surface area (Å²) < 4.78 is 47.6. The van der Waals surface area contributed by atoms with Crippen molar-refractivity contribution in [3.63, 3.8) is 0 Å². The molecule has 30 heavy (non-hydrogen) atoms. The minimum atomic E-state index is -4.58. The number of benzene rings is 2. The summed E-state index contributed by atoms with van der Waals surface area (Å²) in [5.74, 6) is -2.48. The summed E-state index contributed by atoms with van der Waals surface area (Å²) >= 11 is 0. The van der Waals surface area contributed by atoms with Crippen LogP contribution in [0.1, 0.15) is 11.1 Å². The Kier molecular flexibility index (Phi) is 7.50. The molecular weight excluding hydrogens is 407 g/mol. The fourth-order valence-corrected chi connectivity index (χ4v) is 2.03. The number of hydrogen-bond donors (Lipinski definition) is 2. The van der Waals surface area contributed by atoms with Crippen LogP contribution in [0.15, 0.2) is 53.6 Å². The van der Waals surface area contributed by atoms with Crippen molar-refractivity contribution in [2.45, 2.75) is 6.18 Å². The zero-order chi connectivity index (χ0) is 22.1. The smallest absolute Gasteiger partial charge is 0.416 e. The molecule has 8 nitrogen and oxygen atoms in total. The molecule has 0 spiro atoms. The van der Waals surface area contributed by atoms with Crippen molar-refractivity contribution in [2.24, 2.45) is 5.10 Å². The first-order valence-corrected chi connectivity index (χ1v) is 8.30. The lowest BCUT2D eigenvalue weighted by Crippen LogP contribution is -2.32. The van der Waals surface area contributed by atoms with E-state index in [2.05, 4.69) is 15.2 Å². The van der Waals surface area contributed by atoms with Gasteiger partial charge in [-0.25, -0.2) is 10.2 Å². The molecule has 0 bridgehead atoms. The van der Waals surface area contributed by atoms with E-state index in [1.165, 1.54) is 19.4 Å². The molecule has 0 aliphatic rings. The van der Waals surface area contributed by atoms with E-state index >= 15 is 0 Å². The van der Waals surface area contributed by atoms with Crippen LogP contribution in [0, 0.1) is 0 Å². The van der Waals surface area contributed by atoms with Crippen molar-refractivity contribution in [1.82, 2.24) is 5.43 Å². The van der Waals surface area contributed by atoms with E-state index < -0.39 is 29.5 Å². The van der Waals surface area contributed by atoms with E-state index in [9.17, 15) is 27.6 Å². The highest BCUT2D eigenvalue weighted by atomic mass is 19.4. The number of halogens is 3. The van der Waals surface area contributed by atoms with Crippen molar-refractivity contribution >= 4 is 29.7 Å². The molecule has 2 amide bonds. The Balaban J connectivity index is 1.87. The number of anilines is 1. The predicted molar refractivity (Wildman–Crippen MR) is 99.8 cm³/mol. The van der Waals surface area contributed by atoms with E-state index in [4.69, 9.17) is 4.74 Å². The number of hydrogen-bond acceptors (Lipinski definition) is 6. The number of carbonyl (C=O) groups excluding carboxylic acids is 3. The van der Waals surface area contributed by atoms with E-state index in [0.29, 0.717) is 17.4 Å². The Labute approximate surface area is 168 Å². The van der Waals surface area contributed by atoms with Crippen LogP contribution in [-0.4, -0.2) is 37.7 Å².